The first kappa shape index (κ1) is 11.6. The Bertz CT molecular complexity index is 428. The number of hydrogen-bond donors (Lipinski definition) is 2. The van der Waals surface area contributed by atoms with E-state index >= 15 is 0 Å². The number of aromatic nitrogens is 2. The maximum Gasteiger partial charge on any atom is 0.246 e. The Kier molecular flexibility index (Phi) is 3.27. The molecule has 0 spiro atoms. The second-order valence-corrected chi connectivity index (χ2v) is 5.97. The molecule has 0 aromatic carbocycles. The van der Waals surface area contributed by atoms with Crippen LogP contribution in [0.2, 0.25) is 0 Å². The van der Waals surface area contributed by atoms with Crippen molar-refractivity contribution in [2.24, 2.45) is 11.7 Å². The van der Waals surface area contributed by atoms with Crippen LogP contribution in [0, 0.1) is 5.92 Å². The maximum atomic E-state index is 12.1. The van der Waals surface area contributed by atoms with Crippen molar-refractivity contribution in [1.29, 1.82) is 0 Å². The highest BCUT2D eigenvalue weighted by molar-refractivity contribution is 7.89. The molecule has 7 heteroatoms. The second kappa shape index (κ2) is 4.52. The first-order valence-electron chi connectivity index (χ1n) is 5.33. The molecule has 2 heterocycles. The number of hydrogen-bond acceptors (Lipinski definition) is 4. The fourth-order valence-corrected chi connectivity index (χ4v) is 3.45. The Labute approximate surface area is 94.9 Å². The lowest BCUT2D eigenvalue weighted by atomic mass is 10.1. The Hall–Kier alpha value is -0.920. The first-order chi connectivity index (χ1) is 7.64. The zero-order valence-electron chi connectivity index (χ0n) is 8.96. The van der Waals surface area contributed by atoms with Gasteiger partial charge in [0, 0.05) is 19.3 Å². The summed E-state index contributed by atoms with van der Waals surface area (Å²) in [5.41, 5.74) is 5.47. The number of nitrogens with two attached hydrogens (primary N) is 1. The molecule has 1 aromatic heterocycles. The molecule has 0 saturated carbocycles. The lowest BCUT2D eigenvalue weighted by Crippen LogP contribution is -2.28. The second-order valence-electron chi connectivity index (χ2n) is 4.03. The van der Waals surface area contributed by atoms with E-state index < -0.39 is 10.0 Å². The Morgan fingerprint density at radius 1 is 1.62 bits per heavy atom. The normalized spacial score (nSPS) is 22.7. The van der Waals surface area contributed by atoms with Crippen LogP contribution in [0.25, 0.3) is 0 Å². The van der Waals surface area contributed by atoms with Gasteiger partial charge >= 0.3 is 0 Å². The predicted octanol–water partition coefficient (Wildman–Crippen LogP) is -0.231. The topological polar surface area (TPSA) is 92.1 Å². The molecule has 1 aliphatic rings. The molecule has 1 fully saturated rings. The van der Waals surface area contributed by atoms with Crippen LogP contribution >= 0.6 is 0 Å². The molecule has 6 nitrogen and oxygen atoms in total. The molecule has 90 valence electrons. The summed E-state index contributed by atoms with van der Waals surface area (Å²) in [6.45, 7) is 1.77. The highest BCUT2D eigenvalue weighted by Crippen LogP contribution is 2.25. The molecule has 1 aromatic rings. The summed E-state index contributed by atoms with van der Waals surface area (Å²) in [5.74, 6) is 0.395. The van der Waals surface area contributed by atoms with Crippen molar-refractivity contribution in [2.75, 3.05) is 19.6 Å². The van der Waals surface area contributed by atoms with Gasteiger partial charge in [0.2, 0.25) is 10.0 Å². The Morgan fingerprint density at radius 3 is 3.06 bits per heavy atom. The van der Waals surface area contributed by atoms with Gasteiger partial charge in [0.05, 0.1) is 6.20 Å². The van der Waals surface area contributed by atoms with Crippen LogP contribution in [0.4, 0.5) is 0 Å². The van der Waals surface area contributed by atoms with E-state index in [0.717, 1.165) is 12.8 Å². The lowest BCUT2D eigenvalue weighted by Gasteiger charge is -2.14. The van der Waals surface area contributed by atoms with Gasteiger partial charge in [0.25, 0.3) is 0 Å². The minimum Gasteiger partial charge on any atom is -0.330 e. The van der Waals surface area contributed by atoms with Crippen LogP contribution in [-0.2, 0) is 10.0 Å². The maximum absolute atomic E-state index is 12.1. The SMILES string of the molecule is NCCC1CCN(S(=O)(=O)c2cn[nH]c2)C1. The van der Waals surface area contributed by atoms with Gasteiger partial charge in [0.15, 0.2) is 0 Å². The van der Waals surface area contributed by atoms with Gasteiger partial charge in [0.1, 0.15) is 4.90 Å². The number of aromatic amines is 1. The van der Waals surface area contributed by atoms with Gasteiger partial charge in [-0.25, -0.2) is 8.42 Å². The summed E-state index contributed by atoms with van der Waals surface area (Å²) in [7, 11) is -3.35. The minimum absolute atomic E-state index is 0.237. The van der Waals surface area contributed by atoms with E-state index in [9.17, 15) is 8.42 Å². The Balaban J connectivity index is 2.10. The molecular formula is C9H16N4O2S. The molecular weight excluding hydrogens is 228 g/mol. The standard InChI is InChI=1S/C9H16N4O2S/c10-3-1-8-2-4-13(7-8)16(14,15)9-5-11-12-6-9/h5-6,8H,1-4,7,10H2,(H,11,12). The van der Waals surface area contributed by atoms with Gasteiger partial charge in [-0.1, -0.05) is 0 Å². The van der Waals surface area contributed by atoms with Crippen molar-refractivity contribution in [2.45, 2.75) is 17.7 Å². The van der Waals surface area contributed by atoms with Gasteiger partial charge < -0.3 is 5.73 Å². The molecule has 0 aliphatic carbocycles. The van der Waals surface area contributed by atoms with Gasteiger partial charge in [-0.15, -0.1) is 0 Å². The van der Waals surface area contributed by atoms with Gasteiger partial charge in [-0.2, -0.15) is 9.40 Å². The van der Waals surface area contributed by atoms with Crippen LogP contribution < -0.4 is 5.73 Å². The molecule has 16 heavy (non-hydrogen) atoms. The summed E-state index contributed by atoms with van der Waals surface area (Å²) >= 11 is 0. The summed E-state index contributed by atoms with van der Waals surface area (Å²) in [6.07, 6.45) is 4.53. The molecule has 0 amide bonds. The smallest absolute Gasteiger partial charge is 0.246 e. The van der Waals surface area contributed by atoms with E-state index in [1.165, 1.54) is 16.7 Å². The molecule has 1 saturated heterocycles. The summed E-state index contributed by atoms with van der Waals surface area (Å²) < 4.78 is 25.7. The molecule has 1 unspecified atom stereocenters. The Morgan fingerprint density at radius 2 is 2.44 bits per heavy atom. The first-order valence-corrected chi connectivity index (χ1v) is 6.77. The largest absolute Gasteiger partial charge is 0.330 e. The molecule has 0 bridgehead atoms. The van der Waals surface area contributed by atoms with E-state index in [1.807, 2.05) is 0 Å². The zero-order valence-corrected chi connectivity index (χ0v) is 9.78. The van der Waals surface area contributed by atoms with E-state index in [-0.39, 0.29) is 4.90 Å². The van der Waals surface area contributed by atoms with E-state index in [1.54, 1.807) is 0 Å². The molecule has 3 N–H and O–H groups in total. The van der Waals surface area contributed by atoms with Crippen molar-refractivity contribution in [3.05, 3.63) is 12.4 Å². The number of nitrogens with zero attached hydrogens (tertiary/aromatic N) is 2. The van der Waals surface area contributed by atoms with Crippen molar-refractivity contribution in [3.8, 4) is 0 Å². The monoisotopic (exact) mass is 244 g/mol. The van der Waals surface area contributed by atoms with Crippen LogP contribution in [0.1, 0.15) is 12.8 Å². The van der Waals surface area contributed by atoms with E-state index in [2.05, 4.69) is 10.2 Å². The predicted molar refractivity (Wildman–Crippen MR) is 59.1 cm³/mol. The number of sulfonamides is 1. The van der Waals surface area contributed by atoms with E-state index in [4.69, 9.17) is 5.73 Å². The number of nitrogens with one attached hydrogen (secondary N) is 1. The van der Waals surface area contributed by atoms with Crippen LogP contribution in [0.15, 0.2) is 17.3 Å². The van der Waals surface area contributed by atoms with Crippen molar-refractivity contribution in [1.82, 2.24) is 14.5 Å². The average Bonchev–Trinajstić information content (AvgIpc) is 2.88. The summed E-state index contributed by atoms with van der Waals surface area (Å²) in [5, 5.41) is 6.18. The fourth-order valence-electron chi connectivity index (χ4n) is 2.02. The summed E-state index contributed by atoms with van der Waals surface area (Å²) in [4.78, 5) is 0.237. The molecule has 1 atom stereocenters. The van der Waals surface area contributed by atoms with Crippen LogP contribution in [-0.4, -0.2) is 42.6 Å². The molecule has 1 aliphatic heterocycles. The van der Waals surface area contributed by atoms with E-state index in [0.29, 0.717) is 25.6 Å². The quantitative estimate of drug-likeness (QED) is 0.765. The summed E-state index contributed by atoms with van der Waals surface area (Å²) in [6, 6.07) is 0. The third-order valence-electron chi connectivity index (χ3n) is 2.93. The van der Waals surface area contributed by atoms with Crippen LogP contribution in [0.5, 0.6) is 0 Å². The number of rotatable bonds is 4. The third-order valence-corrected chi connectivity index (χ3v) is 4.76. The fraction of sp³-hybridized carbons (Fsp3) is 0.667. The molecule has 0 radical (unpaired) electrons. The third kappa shape index (κ3) is 2.11. The lowest BCUT2D eigenvalue weighted by molar-refractivity contribution is 0.449. The minimum atomic E-state index is -3.35. The van der Waals surface area contributed by atoms with Crippen molar-refractivity contribution in [3.63, 3.8) is 0 Å². The zero-order chi connectivity index (χ0) is 11.6. The van der Waals surface area contributed by atoms with Crippen LogP contribution in [0.3, 0.4) is 0 Å². The van der Waals surface area contributed by atoms with Crippen molar-refractivity contribution >= 4 is 10.0 Å². The highest BCUT2D eigenvalue weighted by Gasteiger charge is 2.32. The number of H-pyrrole nitrogens is 1. The highest BCUT2D eigenvalue weighted by atomic mass is 32.2. The molecule has 2 rings (SSSR count). The van der Waals surface area contributed by atoms with Crippen molar-refractivity contribution < 1.29 is 8.42 Å². The van der Waals surface area contributed by atoms with Gasteiger partial charge in [-0.3, -0.25) is 5.10 Å². The average molecular weight is 244 g/mol. The van der Waals surface area contributed by atoms with Gasteiger partial charge in [-0.05, 0) is 25.3 Å².